The van der Waals surface area contributed by atoms with Crippen LogP contribution < -0.4 is 5.73 Å². The van der Waals surface area contributed by atoms with Crippen LogP contribution >= 0.6 is 11.8 Å². The van der Waals surface area contributed by atoms with E-state index in [9.17, 15) is 4.79 Å². The lowest BCUT2D eigenvalue weighted by molar-refractivity contribution is -0.146. The van der Waals surface area contributed by atoms with Crippen molar-refractivity contribution in [3.8, 4) is 0 Å². The molecule has 4 nitrogen and oxygen atoms in total. The molecule has 0 aliphatic rings. The molecule has 0 heterocycles. The van der Waals surface area contributed by atoms with Crippen LogP contribution in [0.2, 0.25) is 0 Å². The molecule has 3 N–H and O–H groups in total. The quantitative estimate of drug-likeness (QED) is 0.634. The molecular weight excluding hydrogens is 202 g/mol. The maximum atomic E-state index is 11.2. The highest BCUT2D eigenvalue weighted by molar-refractivity contribution is 7.99. The fraction of sp³-hybridized carbons (Fsp3) is 0.889. The van der Waals surface area contributed by atoms with Gasteiger partial charge in [0.15, 0.2) is 0 Å². The molecule has 14 heavy (non-hydrogen) atoms. The van der Waals surface area contributed by atoms with Gasteiger partial charge in [-0.3, -0.25) is 4.79 Å². The van der Waals surface area contributed by atoms with Gasteiger partial charge in [0, 0.05) is 11.0 Å². The van der Waals surface area contributed by atoms with E-state index in [4.69, 9.17) is 10.8 Å². The Hall–Kier alpha value is -0.260. The Morgan fingerprint density at radius 3 is 2.71 bits per heavy atom. The Morgan fingerprint density at radius 2 is 2.29 bits per heavy atom. The number of hydrogen-bond donors (Lipinski definition) is 2. The van der Waals surface area contributed by atoms with Gasteiger partial charge in [-0.15, -0.1) is 0 Å². The Bertz CT molecular complexity index is 185. The van der Waals surface area contributed by atoms with Gasteiger partial charge in [0.05, 0.1) is 13.7 Å². The van der Waals surface area contributed by atoms with Crippen molar-refractivity contribution < 1.29 is 14.6 Å². The van der Waals surface area contributed by atoms with E-state index in [0.717, 1.165) is 0 Å². The molecule has 0 aliphatic carbocycles. The van der Waals surface area contributed by atoms with Gasteiger partial charge < -0.3 is 15.6 Å². The van der Waals surface area contributed by atoms with E-state index in [-0.39, 0.29) is 11.9 Å². The zero-order valence-electron chi connectivity index (χ0n) is 8.95. The molecule has 0 aromatic heterocycles. The summed E-state index contributed by atoms with van der Waals surface area (Å²) < 4.78 is 4.60. The van der Waals surface area contributed by atoms with Crippen LogP contribution in [0.3, 0.4) is 0 Å². The third kappa shape index (κ3) is 4.83. The molecule has 0 rings (SSSR count). The minimum Gasteiger partial charge on any atom is -0.468 e. The Balaban J connectivity index is 4.01. The lowest BCUT2D eigenvalue weighted by Crippen LogP contribution is -2.47. The molecular formula is C9H19NO3S. The molecule has 0 bridgehead atoms. The van der Waals surface area contributed by atoms with E-state index in [0.29, 0.717) is 12.2 Å². The summed E-state index contributed by atoms with van der Waals surface area (Å²) in [5, 5.41) is 8.86. The maximum Gasteiger partial charge on any atom is 0.325 e. The molecule has 0 aromatic rings. The van der Waals surface area contributed by atoms with Crippen LogP contribution in [0.4, 0.5) is 0 Å². The molecule has 0 saturated carbocycles. The van der Waals surface area contributed by atoms with E-state index in [1.54, 1.807) is 18.7 Å². The van der Waals surface area contributed by atoms with Crippen molar-refractivity contribution in [1.29, 1.82) is 0 Å². The zero-order valence-corrected chi connectivity index (χ0v) is 9.76. The Morgan fingerprint density at radius 1 is 1.71 bits per heavy atom. The van der Waals surface area contributed by atoms with Crippen molar-refractivity contribution in [1.82, 2.24) is 0 Å². The van der Waals surface area contributed by atoms with Crippen molar-refractivity contribution in [2.45, 2.75) is 31.1 Å². The van der Waals surface area contributed by atoms with Crippen LogP contribution in [0.1, 0.15) is 20.3 Å². The van der Waals surface area contributed by atoms with Crippen LogP contribution in [-0.2, 0) is 9.53 Å². The van der Waals surface area contributed by atoms with Gasteiger partial charge in [0.2, 0.25) is 0 Å². The summed E-state index contributed by atoms with van der Waals surface area (Å²) in [5.74, 6) is 0.271. The van der Waals surface area contributed by atoms with Gasteiger partial charge in [-0.1, -0.05) is 6.92 Å². The molecule has 0 spiro atoms. The summed E-state index contributed by atoms with van der Waals surface area (Å²) in [6.07, 6.45) is 0.546. The second-order valence-electron chi connectivity index (χ2n) is 3.52. The number of ether oxygens (including phenoxy) is 1. The van der Waals surface area contributed by atoms with Crippen molar-refractivity contribution in [3.05, 3.63) is 0 Å². The molecule has 0 amide bonds. The molecule has 0 fully saturated rings. The van der Waals surface area contributed by atoms with Crippen LogP contribution in [0.25, 0.3) is 0 Å². The summed E-state index contributed by atoms with van der Waals surface area (Å²) >= 11 is 1.59. The number of rotatable bonds is 6. The third-order valence-corrected chi connectivity index (χ3v) is 3.01. The van der Waals surface area contributed by atoms with Crippen LogP contribution in [0.5, 0.6) is 0 Å². The molecule has 5 heteroatoms. The van der Waals surface area contributed by atoms with Crippen molar-refractivity contribution >= 4 is 17.7 Å². The van der Waals surface area contributed by atoms with Crippen LogP contribution in [0, 0.1) is 0 Å². The zero-order chi connectivity index (χ0) is 11.2. The molecule has 0 aromatic carbocycles. The predicted molar refractivity (Wildman–Crippen MR) is 58.2 cm³/mol. The van der Waals surface area contributed by atoms with E-state index in [1.165, 1.54) is 7.11 Å². The number of thioether (sulfide) groups is 1. The number of methoxy groups -OCH3 is 1. The van der Waals surface area contributed by atoms with E-state index < -0.39 is 11.5 Å². The average Bonchev–Trinajstić information content (AvgIpc) is 2.12. The number of aliphatic hydroxyl groups is 1. The standard InChI is InChI=1S/C9H19NO3S/c1-7(14-5-4-11)6-9(2,10)8(12)13-3/h7,11H,4-6,10H2,1-3H3. The maximum absolute atomic E-state index is 11.2. The minimum atomic E-state index is -0.934. The van der Waals surface area contributed by atoms with Gasteiger partial charge in [-0.05, 0) is 13.3 Å². The number of carbonyl (C=O) groups is 1. The highest BCUT2D eigenvalue weighted by Crippen LogP contribution is 2.20. The van der Waals surface area contributed by atoms with Crippen LogP contribution in [-0.4, -0.2) is 41.3 Å². The first-order valence-corrected chi connectivity index (χ1v) is 5.58. The van der Waals surface area contributed by atoms with Gasteiger partial charge in [0.1, 0.15) is 5.54 Å². The number of aliphatic hydroxyl groups excluding tert-OH is 1. The summed E-state index contributed by atoms with van der Waals surface area (Å²) in [4.78, 5) is 11.2. The number of hydrogen-bond acceptors (Lipinski definition) is 5. The van der Waals surface area contributed by atoms with Gasteiger partial charge in [-0.25, -0.2) is 0 Å². The minimum absolute atomic E-state index is 0.147. The van der Waals surface area contributed by atoms with Gasteiger partial charge in [0.25, 0.3) is 0 Å². The fourth-order valence-electron chi connectivity index (χ4n) is 1.23. The molecule has 2 unspecified atom stereocenters. The second-order valence-corrected chi connectivity index (χ2v) is 5.06. The SMILES string of the molecule is COC(=O)C(C)(N)CC(C)SCCO. The van der Waals surface area contributed by atoms with Crippen molar-refractivity contribution in [2.75, 3.05) is 19.5 Å². The first kappa shape index (κ1) is 13.7. The van der Waals surface area contributed by atoms with Crippen molar-refractivity contribution in [3.63, 3.8) is 0 Å². The molecule has 0 radical (unpaired) electrons. The summed E-state index contributed by atoms with van der Waals surface area (Å²) in [6, 6.07) is 0. The van der Waals surface area contributed by atoms with Gasteiger partial charge in [-0.2, -0.15) is 11.8 Å². The first-order valence-electron chi connectivity index (χ1n) is 4.53. The highest BCUT2D eigenvalue weighted by atomic mass is 32.2. The van der Waals surface area contributed by atoms with E-state index >= 15 is 0 Å². The third-order valence-electron chi connectivity index (χ3n) is 1.86. The lowest BCUT2D eigenvalue weighted by atomic mass is 9.98. The second kappa shape index (κ2) is 6.27. The topological polar surface area (TPSA) is 72.5 Å². The van der Waals surface area contributed by atoms with Crippen LogP contribution in [0.15, 0.2) is 0 Å². The smallest absolute Gasteiger partial charge is 0.325 e. The Labute approximate surface area is 89.2 Å². The number of carbonyl (C=O) groups excluding carboxylic acids is 1. The average molecular weight is 221 g/mol. The molecule has 0 aliphatic heterocycles. The summed E-state index contributed by atoms with van der Waals surface area (Å²) in [6.45, 7) is 3.79. The first-order chi connectivity index (χ1) is 6.44. The highest BCUT2D eigenvalue weighted by Gasteiger charge is 2.31. The number of esters is 1. The van der Waals surface area contributed by atoms with E-state index in [2.05, 4.69) is 4.74 Å². The molecule has 2 atom stereocenters. The summed E-state index contributed by atoms with van der Waals surface area (Å²) in [5.41, 5.74) is 4.86. The normalized spacial score (nSPS) is 17.2. The molecule has 0 saturated heterocycles. The summed E-state index contributed by atoms with van der Waals surface area (Å²) in [7, 11) is 1.33. The van der Waals surface area contributed by atoms with Crippen molar-refractivity contribution in [2.24, 2.45) is 5.73 Å². The lowest BCUT2D eigenvalue weighted by Gasteiger charge is -2.24. The molecule has 84 valence electrons. The predicted octanol–water partition coefficient (Wildman–Crippen LogP) is 0.381. The largest absolute Gasteiger partial charge is 0.468 e. The fourth-order valence-corrected chi connectivity index (χ4v) is 2.20. The Kier molecular flexibility index (Phi) is 6.15. The monoisotopic (exact) mass is 221 g/mol. The van der Waals surface area contributed by atoms with E-state index in [1.807, 2.05) is 6.92 Å². The van der Waals surface area contributed by atoms with Gasteiger partial charge >= 0.3 is 5.97 Å². The number of nitrogens with two attached hydrogens (primary N) is 1.